The maximum absolute atomic E-state index is 12.7. The number of carbonyl (C=O) groups excluding carboxylic acids is 1. The molecule has 128 valence electrons. The molecule has 0 aliphatic heterocycles. The number of ether oxygens (including phenoxy) is 1. The van der Waals surface area contributed by atoms with E-state index in [1.165, 1.54) is 7.11 Å². The molecule has 1 amide bonds. The number of rotatable bonds is 5. The summed E-state index contributed by atoms with van der Waals surface area (Å²) in [6.45, 7) is 0.599. The van der Waals surface area contributed by atoms with Crippen LogP contribution in [-0.2, 0) is 11.3 Å². The van der Waals surface area contributed by atoms with E-state index in [1.54, 1.807) is 18.3 Å². The number of para-hydroxylation sites is 1. The third-order valence-corrected chi connectivity index (χ3v) is 4.34. The average Bonchev–Trinajstić information content (AvgIpc) is 2.62. The summed E-state index contributed by atoms with van der Waals surface area (Å²) >= 11 is 3.47. The van der Waals surface area contributed by atoms with Crippen LogP contribution in [0.3, 0.4) is 0 Å². The Morgan fingerprint density at radius 3 is 2.76 bits per heavy atom. The molecule has 0 saturated heterocycles. The van der Waals surface area contributed by atoms with Crippen molar-refractivity contribution in [1.82, 2.24) is 9.88 Å². The van der Waals surface area contributed by atoms with Crippen molar-refractivity contribution in [2.45, 2.75) is 6.54 Å². The van der Waals surface area contributed by atoms with Gasteiger partial charge in [-0.15, -0.1) is 0 Å². The largest absolute Gasteiger partial charge is 0.364 e. The topological polar surface area (TPSA) is 60.3 Å². The van der Waals surface area contributed by atoms with Crippen LogP contribution in [0.15, 0.2) is 64.0 Å². The second-order valence-corrected chi connectivity index (χ2v) is 6.50. The predicted molar refractivity (Wildman–Crippen MR) is 101 cm³/mol. The second-order valence-electron chi connectivity index (χ2n) is 5.59. The first kappa shape index (κ1) is 17.4. The maximum atomic E-state index is 12.7. The highest BCUT2D eigenvalue weighted by molar-refractivity contribution is 9.10. The fourth-order valence-electron chi connectivity index (χ4n) is 2.70. The van der Waals surface area contributed by atoms with Crippen molar-refractivity contribution in [3.8, 4) is 0 Å². The number of nitrogens with zero attached hydrogens (tertiary/aromatic N) is 1. The minimum absolute atomic E-state index is 0.0523. The van der Waals surface area contributed by atoms with Crippen molar-refractivity contribution >= 4 is 32.7 Å². The second kappa shape index (κ2) is 7.63. The van der Waals surface area contributed by atoms with Crippen molar-refractivity contribution in [1.29, 1.82) is 0 Å². The highest BCUT2D eigenvalue weighted by Gasteiger charge is 2.15. The van der Waals surface area contributed by atoms with E-state index in [4.69, 9.17) is 4.74 Å². The first-order valence-electron chi connectivity index (χ1n) is 7.74. The fraction of sp³-hybridized carbons (Fsp3) is 0.158. The molecule has 0 fully saturated rings. The highest BCUT2D eigenvalue weighted by atomic mass is 79.9. The molecule has 1 aromatic heterocycles. The Kier molecular flexibility index (Phi) is 5.31. The van der Waals surface area contributed by atoms with E-state index in [0.29, 0.717) is 11.9 Å². The minimum atomic E-state index is -0.444. The van der Waals surface area contributed by atoms with E-state index in [-0.39, 0.29) is 17.7 Å². The van der Waals surface area contributed by atoms with Gasteiger partial charge in [0.2, 0.25) is 5.43 Å². The molecular weight excluding hydrogens is 384 g/mol. The molecule has 1 heterocycles. The summed E-state index contributed by atoms with van der Waals surface area (Å²) < 4.78 is 7.75. The molecular formula is C19H17BrN2O3. The number of methoxy groups -OCH3 is 1. The molecule has 5 nitrogen and oxygen atoms in total. The molecule has 0 radical (unpaired) electrons. The summed E-state index contributed by atoms with van der Waals surface area (Å²) in [7, 11) is 1.48. The summed E-state index contributed by atoms with van der Waals surface area (Å²) in [5.41, 5.74) is 1.67. The van der Waals surface area contributed by atoms with Gasteiger partial charge < -0.3 is 14.6 Å². The number of carbonyl (C=O) groups is 1. The monoisotopic (exact) mass is 400 g/mol. The average molecular weight is 401 g/mol. The Bertz CT molecular complexity index is 982. The number of amides is 1. The van der Waals surface area contributed by atoms with Crippen LogP contribution in [0.2, 0.25) is 0 Å². The van der Waals surface area contributed by atoms with E-state index < -0.39 is 5.91 Å². The van der Waals surface area contributed by atoms with Crippen molar-refractivity contribution in [3.63, 3.8) is 0 Å². The van der Waals surface area contributed by atoms with Gasteiger partial charge in [-0.05, 0) is 29.8 Å². The smallest absolute Gasteiger partial charge is 0.258 e. The van der Waals surface area contributed by atoms with Gasteiger partial charge in [-0.3, -0.25) is 9.59 Å². The zero-order valence-corrected chi connectivity index (χ0v) is 15.2. The Labute approximate surface area is 153 Å². The van der Waals surface area contributed by atoms with E-state index in [2.05, 4.69) is 21.2 Å². The Balaban J connectivity index is 2.11. The molecule has 2 aromatic carbocycles. The lowest BCUT2D eigenvalue weighted by molar-refractivity contribution is 0.0870. The number of nitrogens with one attached hydrogen (secondary N) is 1. The van der Waals surface area contributed by atoms with Crippen LogP contribution < -0.4 is 10.7 Å². The molecule has 0 bridgehead atoms. The molecule has 6 heteroatoms. The molecule has 0 spiro atoms. The summed E-state index contributed by atoms with van der Waals surface area (Å²) in [6.07, 6.45) is 1.61. The van der Waals surface area contributed by atoms with E-state index in [9.17, 15) is 9.59 Å². The number of fused-ring (bicyclic) bond motifs is 1. The van der Waals surface area contributed by atoms with Gasteiger partial charge in [-0.2, -0.15) is 0 Å². The molecule has 3 aromatic rings. The summed E-state index contributed by atoms with van der Waals surface area (Å²) in [4.78, 5) is 25.0. The molecule has 1 N–H and O–H groups in total. The lowest BCUT2D eigenvalue weighted by atomic mass is 10.1. The third-order valence-electron chi connectivity index (χ3n) is 3.85. The number of hydrogen-bond acceptors (Lipinski definition) is 3. The number of hydrogen-bond donors (Lipinski definition) is 1. The molecule has 0 aliphatic rings. The minimum Gasteiger partial charge on any atom is -0.364 e. The zero-order valence-electron chi connectivity index (χ0n) is 13.7. The molecule has 0 unspecified atom stereocenters. The molecule has 0 atom stereocenters. The number of pyridine rings is 1. The SMILES string of the molecule is COCNC(=O)c1cn(Cc2cccc(Br)c2)c2ccccc2c1=O. The summed E-state index contributed by atoms with van der Waals surface area (Å²) in [5, 5.41) is 3.09. The van der Waals surface area contributed by atoms with Crippen molar-refractivity contribution in [2.75, 3.05) is 13.8 Å². The highest BCUT2D eigenvalue weighted by Crippen LogP contribution is 2.17. The molecule has 3 rings (SSSR count). The van der Waals surface area contributed by atoms with Crippen LogP contribution in [-0.4, -0.2) is 24.3 Å². The summed E-state index contributed by atoms with van der Waals surface area (Å²) in [5.74, 6) is -0.444. The Morgan fingerprint density at radius 2 is 2.00 bits per heavy atom. The van der Waals surface area contributed by atoms with Gasteiger partial charge in [0, 0.05) is 29.7 Å². The van der Waals surface area contributed by atoms with Gasteiger partial charge >= 0.3 is 0 Å². The van der Waals surface area contributed by atoms with Gasteiger partial charge in [-0.1, -0.05) is 40.2 Å². The normalized spacial score (nSPS) is 10.8. The van der Waals surface area contributed by atoms with Gasteiger partial charge in [0.25, 0.3) is 5.91 Å². The van der Waals surface area contributed by atoms with Gasteiger partial charge in [-0.25, -0.2) is 0 Å². The zero-order chi connectivity index (χ0) is 17.8. The molecule has 0 saturated carbocycles. The number of halogens is 1. The Morgan fingerprint density at radius 1 is 1.20 bits per heavy atom. The van der Waals surface area contributed by atoms with Crippen LogP contribution >= 0.6 is 15.9 Å². The lowest BCUT2D eigenvalue weighted by Gasteiger charge is -2.14. The standard InChI is InChI=1S/C19H17BrN2O3/c1-25-12-21-19(24)16-11-22(10-13-5-4-6-14(20)9-13)17-8-3-2-7-15(17)18(16)23/h2-9,11H,10,12H2,1H3,(H,21,24). The quantitative estimate of drug-likeness (QED) is 0.669. The van der Waals surface area contributed by atoms with Crippen LogP contribution in [0.1, 0.15) is 15.9 Å². The lowest BCUT2D eigenvalue weighted by Crippen LogP contribution is -2.31. The maximum Gasteiger partial charge on any atom is 0.258 e. The van der Waals surface area contributed by atoms with Gasteiger partial charge in [0.1, 0.15) is 12.3 Å². The fourth-order valence-corrected chi connectivity index (χ4v) is 3.15. The Hall–Kier alpha value is -2.44. The van der Waals surface area contributed by atoms with Crippen LogP contribution in [0.4, 0.5) is 0 Å². The van der Waals surface area contributed by atoms with Crippen molar-refractivity contribution < 1.29 is 9.53 Å². The number of benzene rings is 2. The van der Waals surface area contributed by atoms with Crippen LogP contribution in [0.5, 0.6) is 0 Å². The predicted octanol–water partition coefficient (Wildman–Crippen LogP) is 3.15. The summed E-state index contributed by atoms with van der Waals surface area (Å²) in [6, 6.07) is 15.2. The molecule has 25 heavy (non-hydrogen) atoms. The van der Waals surface area contributed by atoms with E-state index in [1.807, 2.05) is 41.0 Å². The van der Waals surface area contributed by atoms with Crippen LogP contribution in [0, 0.1) is 0 Å². The van der Waals surface area contributed by atoms with E-state index in [0.717, 1.165) is 15.6 Å². The van der Waals surface area contributed by atoms with E-state index >= 15 is 0 Å². The van der Waals surface area contributed by atoms with Gasteiger partial charge in [0.15, 0.2) is 0 Å². The van der Waals surface area contributed by atoms with Crippen molar-refractivity contribution in [2.24, 2.45) is 0 Å². The first-order valence-corrected chi connectivity index (χ1v) is 8.53. The van der Waals surface area contributed by atoms with Crippen LogP contribution in [0.25, 0.3) is 10.9 Å². The van der Waals surface area contributed by atoms with Crippen molar-refractivity contribution in [3.05, 3.63) is 80.6 Å². The molecule has 0 aliphatic carbocycles. The third kappa shape index (κ3) is 3.81. The number of aromatic nitrogens is 1. The van der Waals surface area contributed by atoms with Gasteiger partial charge in [0.05, 0.1) is 5.52 Å². The first-order chi connectivity index (χ1) is 12.1.